The van der Waals surface area contributed by atoms with Crippen molar-refractivity contribution in [3.63, 3.8) is 0 Å². The lowest BCUT2D eigenvalue weighted by molar-refractivity contribution is -0.116. The Balaban J connectivity index is 1.59. The van der Waals surface area contributed by atoms with Gasteiger partial charge in [-0.1, -0.05) is 0 Å². The number of hydrogen-bond donors (Lipinski definition) is 1. The molecule has 1 aromatic carbocycles. The van der Waals surface area contributed by atoms with Crippen LogP contribution in [0.25, 0.3) is 0 Å². The van der Waals surface area contributed by atoms with Gasteiger partial charge in [-0.05, 0) is 110 Å². The van der Waals surface area contributed by atoms with E-state index in [1.54, 1.807) is 19.2 Å². The molecule has 0 atom stereocenters. The summed E-state index contributed by atoms with van der Waals surface area (Å²) < 4.78 is 25.8. The molecule has 0 unspecified atom stereocenters. The summed E-state index contributed by atoms with van der Waals surface area (Å²) in [7, 11) is -3.70. The van der Waals surface area contributed by atoms with Gasteiger partial charge in [0.1, 0.15) is 9.96 Å². The Morgan fingerprint density at radius 3 is 2.14 bits per heavy atom. The second-order valence-electron chi connectivity index (χ2n) is 8.91. The van der Waals surface area contributed by atoms with Crippen LogP contribution in [-0.2, 0) is 52.3 Å². The van der Waals surface area contributed by atoms with Gasteiger partial charge in [0.05, 0.1) is 5.60 Å². The van der Waals surface area contributed by atoms with Gasteiger partial charge in [-0.15, -0.1) is 11.3 Å². The van der Waals surface area contributed by atoms with Crippen LogP contribution in [0.2, 0.25) is 0 Å². The number of ketones is 1. The second-order valence-corrected chi connectivity index (χ2v) is 12.0. The average molecular weight is 433 g/mol. The highest BCUT2D eigenvalue weighted by Gasteiger charge is 2.30. The van der Waals surface area contributed by atoms with Crippen LogP contribution in [0, 0.1) is 6.92 Å². The lowest BCUT2D eigenvalue weighted by Gasteiger charge is -2.18. The number of thiophene rings is 1. The lowest BCUT2D eigenvalue weighted by Crippen LogP contribution is -2.19. The van der Waals surface area contributed by atoms with E-state index < -0.39 is 21.2 Å². The van der Waals surface area contributed by atoms with Gasteiger partial charge in [0.25, 0.3) is 0 Å². The molecule has 0 fully saturated rings. The van der Waals surface area contributed by atoms with E-state index in [1.807, 2.05) is 0 Å². The number of benzene rings is 1. The van der Waals surface area contributed by atoms with Gasteiger partial charge in [0.15, 0.2) is 15.6 Å². The van der Waals surface area contributed by atoms with Crippen LogP contribution in [-0.4, -0.2) is 25.1 Å². The van der Waals surface area contributed by atoms with Crippen LogP contribution in [0.4, 0.5) is 0 Å². The molecule has 156 valence electrons. The van der Waals surface area contributed by atoms with Gasteiger partial charge >= 0.3 is 0 Å². The average Bonchev–Trinajstić information content (AvgIpc) is 3.37. The molecule has 2 aromatic rings. The molecule has 4 nitrogen and oxygen atoms in total. The van der Waals surface area contributed by atoms with E-state index in [2.05, 4.69) is 6.92 Å². The van der Waals surface area contributed by atoms with E-state index >= 15 is 0 Å². The molecule has 6 heteroatoms. The van der Waals surface area contributed by atoms with Gasteiger partial charge in [-0.3, -0.25) is 4.79 Å². The quantitative estimate of drug-likeness (QED) is 0.753. The molecular weight excluding hydrogens is 404 g/mol. The number of fused-ring (bicyclic) bond motifs is 2. The van der Waals surface area contributed by atoms with E-state index in [-0.39, 0.29) is 16.4 Å². The zero-order valence-corrected chi connectivity index (χ0v) is 18.9. The molecule has 4 rings (SSSR count). The zero-order valence-electron chi connectivity index (χ0n) is 17.3. The van der Waals surface area contributed by atoms with Crippen molar-refractivity contribution in [3.8, 4) is 0 Å². The molecule has 29 heavy (non-hydrogen) atoms. The Labute approximate surface area is 176 Å². The molecule has 0 aliphatic heterocycles. The lowest BCUT2D eigenvalue weighted by atomic mass is 9.87. The molecule has 2 aliphatic carbocycles. The molecule has 1 heterocycles. The summed E-state index contributed by atoms with van der Waals surface area (Å²) in [5, 5.41) is 11.7. The number of hydrogen-bond acceptors (Lipinski definition) is 5. The monoisotopic (exact) mass is 432 g/mol. The number of carbonyl (C=O) groups is 1. The Morgan fingerprint density at radius 1 is 1.07 bits per heavy atom. The largest absolute Gasteiger partial charge is 0.386 e. The molecule has 0 saturated heterocycles. The van der Waals surface area contributed by atoms with Crippen LogP contribution in [0.1, 0.15) is 65.6 Å². The van der Waals surface area contributed by atoms with E-state index in [0.717, 1.165) is 55.4 Å². The van der Waals surface area contributed by atoms with Gasteiger partial charge in [0.2, 0.25) is 0 Å². The number of sulfone groups is 1. The van der Waals surface area contributed by atoms with Crippen molar-refractivity contribution in [2.45, 2.75) is 75.5 Å². The first-order valence-electron chi connectivity index (χ1n) is 10.3. The first-order valence-corrected chi connectivity index (χ1v) is 12.8. The van der Waals surface area contributed by atoms with Crippen LogP contribution >= 0.6 is 11.3 Å². The molecule has 0 radical (unpaired) electrons. The Morgan fingerprint density at radius 2 is 1.62 bits per heavy atom. The van der Waals surface area contributed by atoms with Crippen molar-refractivity contribution in [2.75, 3.05) is 5.75 Å². The van der Waals surface area contributed by atoms with Gasteiger partial charge in [0, 0.05) is 6.42 Å². The summed E-state index contributed by atoms with van der Waals surface area (Å²) in [4.78, 5) is 12.9. The minimum absolute atomic E-state index is 0.155. The third kappa shape index (κ3) is 3.82. The fraction of sp³-hybridized carbons (Fsp3) is 0.522. The summed E-state index contributed by atoms with van der Waals surface area (Å²) in [6.07, 6.45) is 6.60. The van der Waals surface area contributed by atoms with Gasteiger partial charge in [-0.25, -0.2) is 8.42 Å². The molecule has 1 aromatic heterocycles. The van der Waals surface area contributed by atoms with Crippen molar-refractivity contribution in [3.05, 3.63) is 50.4 Å². The minimum Gasteiger partial charge on any atom is -0.386 e. The highest BCUT2D eigenvalue weighted by molar-refractivity contribution is 7.94. The van der Waals surface area contributed by atoms with E-state index in [0.29, 0.717) is 5.56 Å². The summed E-state index contributed by atoms with van der Waals surface area (Å²) >= 11 is 1.07. The molecule has 0 saturated carbocycles. The number of carbonyl (C=O) groups excluding carboxylic acids is 1. The predicted molar refractivity (Wildman–Crippen MR) is 116 cm³/mol. The first-order chi connectivity index (χ1) is 13.6. The van der Waals surface area contributed by atoms with Crippen LogP contribution in [0.15, 0.2) is 15.7 Å². The summed E-state index contributed by atoms with van der Waals surface area (Å²) in [6.45, 7) is 5.45. The summed E-state index contributed by atoms with van der Waals surface area (Å²) in [5.41, 5.74) is 7.43. The Kier molecular flexibility index (Phi) is 5.24. The maximum Gasteiger partial charge on any atom is 0.194 e. The number of aliphatic hydroxyl groups is 1. The predicted octanol–water partition coefficient (Wildman–Crippen LogP) is 3.85. The number of Topliss-reactive ketones (excluding diaryl/α,β-unsaturated/α-hetero) is 1. The third-order valence-corrected chi connectivity index (χ3v) is 9.59. The van der Waals surface area contributed by atoms with E-state index in [9.17, 15) is 18.3 Å². The first kappa shape index (κ1) is 20.8. The van der Waals surface area contributed by atoms with Crippen LogP contribution in [0.5, 0.6) is 0 Å². The second kappa shape index (κ2) is 7.33. The highest BCUT2D eigenvalue weighted by atomic mass is 32.2. The molecular formula is C23H28O4S2. The van der Waals surface area contributed by atoms with Gasteiger partial charge in [-0.2, -0.15) is 0 Å². The van der Waals surface area contributed by atoms with Gasteiger partial charge < -0.3 is 5.11 Å². The smallest absolute Gasteiger partial charge is 0.194 e. The van der Waals surface area contributed by atoms with Crippen molar-refractivity contribution in [1.29, 1.82) is 0 Å². The maximum absolute atomic E-state index is 12.9. The SMILES string of the molecule is Cc1c2c(c(CC(=O)CS(=O)(=O)c3cc(C(C)(C)O)cs3)c3c1CCC3)CCC2. The standard InChI is InChI=1S/C23H28O4S2/c1-14-17-6-4-8-19(17)21(20-9-5-7-18(14)20)11-16(24)13-29(26,27)22-10-15(12-28-22)23(2,3)25/h10,12,25H,4-9,11,13H2,1-3H3. The summed E-state index contributed by atoms with van der Waals surface area (Å²) in [6, 6.07) is 1.49. The Hall–Kier alpha value is -1.50. The minimum atomic E-state index is -3.70. The van der Waals surface area contributed by atoms with E-state index in [1.165, 1.54) is 33.9 Å². The number of rotatable bonds is 6. The topological polar surface area (TPSA) is 71.4 Å². The van der Waals surface area contributed by atoms with Crippen molar-refractivity contribution >= 4 is 27.0 Å². The van der Waals surface area contributed by atoms with Crippen LogP contribution in [0.3, 0.4) is 0 Å². The van der Waals surface area contributed by atoms with Crippen molar-refractivity contribution in [2.24, 2.45) is 0 Å². The highest BCUT2D eigenvalue weighted by Crippen LogP contribution is 2.39. The Bertz CT molecular complexity index is 1050. The van der Waals surface area contributed by atoms with Crippen LogP contribution < -0.4 is 0 Å². The molecule has 2 aliphatic rings. The fourth-order valence-electron chi connectivity index (χ4n) is 4.89. The third-order valence-electron chi connectivity index (χ3n) is 6.38. The summed E-state index contributed by atoms with van der Waals surface area (Å²) in [5.74, 6) is -0.716. The molecule has 0 spiro atoms. The van der Waals surface area contributed by atoms with Crippen molar-refractivity contribution in [1.82, 2.24) is 0 Å². The molecule has 0 bridgehead atoms. The fourth-order valence-corrected chi connectivity index (χ4v) is 7.57. The maximum atomic E-state index is 12.9. The van der Waals surface area contributed by atoms with Crippen molar-refractivity contribution < 1.29 is 18.3 Å². The zero-order chi connectivity index (χ0) is 21.0. The molecule has 1 N–H and O–H groups in total. The molecule has 0 amide bonds. The normalized spacial score (nSPS) is 16.1. The van der Waals surface area contributed by atoms with E-state index in [4.69, 9.17) is 0 Å².